The molecule has 0 saturated carbocycles. The molecule has 0 spiro atoms. The van der Waals surface area contributed by atoms with Gasteiger partial charge < -0.3 is 15.2 Å². The van der Waals surface area contributed by atoms with Gasteiger partial charge in [-0.05, 0) is 69.1 Å². The molecular weight excluding hydrogens is 214 g/mol. The molecule has 0 aliphatic heterocycles. The van der Waals surface area contributed by atoms with Crippen molar-refractivity contribution >= 4 is 0 Å². The smallest absolute Gasteiger partial charge is 0.124 e. The monoisotopic (exact) mass is 237 g/mol. The number of methoxy groups -OCH3 is 1. The van der Waals surface area contributed by atoms with Crippen LogP contribution in [0.25, 0.3) is 0 Å². The van der Waals surface area contributed by atoms with Crippen molar-refractivity contribution < 1.29 is 9.84 Å². The summed E-state index contributed by atoms with van der Waals surface area (Å²) < 4.78 is 5.38. The molecule has 3 heteroatoms. The normalized spacial score (nSPS) is 12.6. The van der Waals surface area contributed by atoms with Gasteiger partial charge in [0, 0.05) is 0 Å². The van der Waals surface area contributed by atoms with Gasteiger partial charge in [0.15, 0.2) is 0 Å². The number of nitrogens with one attached hydrogen (secondary N) is 1. The fraction of sp³-hybridized carbons (Fsp3) is 0.571. The molecule has 0 heterocycles. The van der Waals surface area contributed by atoms with E-state index in [0.717, 1.165) is 41.0 Å². The van der Waals surface area contributed by atoms with Gasteiger partial charge in [0.2, 0.25) is 0 Å². The Kier molecular flexibility index (Phi) is 4.97. The van der Waals surface area contributed by atoms with E-state index >= 15 is 0 Å². The van der Waals surface area contributed by atoms with Crippen molar-refractivity contribution in [1.29, 1.82) is 0 Å². The number of hydrogen-bond acceptors (Lipinski definition) is 3. The molecule has 0 amide bonds. The minimum Gasteiger partial charge on any atom is -0.496 e. The summed E-state index contributed by atoms with van der Waals surface area (Å²) in [5.41, 5.74) is 4.33. The van der Waals surface area contributed by atoms with Gasteiger partial charge in [-0.25, -0.2) is 0 Å². The van der Waals surface area contributed by atoms with Crippen molar-refractivity contribution in [2.45, 2.75) is 33.3 Å². The summed E-state index contributed by atoms with van der Waals surface area (Å²) >= 11 is 0. The van der Waals surface area contributed by atoms with Crippen molar-refractivity contribution in [3.8, 4) is 5.75 Å². The van der Waals surface area contributed by atoms with Crippen molar-refractivity contribution in [3.63, 3.8) is 0 Å². The second kappa shape index (κ2) is 6.03. The van der Waals surface area contributed by atoms with Crippen molar-refractivity contribution in [2.24, 2.45) is 0 Å². The maximum absolute atomic E-state index is 10.2. The van der Waals surface area contributed by atoms with E-state index in [2.05, 4.69) is 5.32 Å². The van der Waals surface area contributed by atoms with Crippen LogP contribution in [0.4, 0.5) is 0 Å². The van der Waals surface area contributed by atoms with Gasteiger partial charge in [0.05, 0.1) is 13.2 Å². The van der Waals surface area contributed by atoms with Crippen LogP contribution in [-0.2, 0) is 0 Å². The van der Waals surface area contributed by atoms with E-state index in [9.17, 15) is 5.11 Å². The molecule has 1 aromatic carbocycles. The fourth-order valence-electron chi connectivity index (χ4n) is 2.19. The largest absolute Gasteiger partial charge is 0.496 e. The van der Waals surface area contributed by atoms with E-state index < -0.39 is 6.10 Å². The minimum absolute atomic E-state index is 0.411. The maximum Gasteiger partial charge on any atom is 0.124 e. The van der Waals surface area contributed by atoms with E-state index in [-0.39, 0.29) is 0 Å². The zero-order chi connectivity index (χ0) is 13.0. The lowest BCUT2D eigenvalue weighted by atomic mass is 9.94. The first-order valence-electron chi connectivity index (χ1n) is 6.00. The second-order valence-electron chi connectivity index (χ2n) is 4.47. The first-order valence-corrected chi connectivity index (χ1v) is 6.00. The summed E-state index contributed by atoms with van der Waals surface area (Å²) in [6, 6.07) is 2.03. The highest BCUT2D eigenvalue weighted by atomic mass is 16.5. The van der Waals surface area contributed by atoms with Crippen LogP contribution in [0.3, 0.4) is 0 Å². The predicted octanol–water partition coefficient (Wildman–Crippen LogP) is 2.26. The molecule has 1 unspecified atom stereocenters. The van der Waals surface area contributed by atoms with Gasteiger partial charge in [-0.2, -0.15) is 0 Å². The maximum atomic E-state index is 10.2. The Morgan fingerprint density at radius 1 is 1.29 bits per heavy atom. The summed E-state index contributed by atoms with van der Waals surface area (Å²) in [6.07, 6.45) is 0.313. The molecule has 0 saturated heterocycles. The van der Waals surface area contributed by atoms with Crippen molar-refractivity contribution in [2.75, 3.05) is 20.7 Å². The van der Waals surface area contributed by atoms with Crippen LogP contribution in [0.1, 0.15) is 34.8 Å². The Labute approximate surface area is 104 Å². The van der Waals surface area contributed by atoms with E-state index in [1.54, 1.807) is 7.11 Å². The summed E-state index contributed by atoms with van der Waals surface area (Å²) in [5, 5.41) is 13.2. The highest BCUT2D eigenvalue weighted by molar-refractivity contribution is 5.49. The molecule has 96 valence electrons. The van der Waals surface area contributed by atoms with Crippen LogP contribution >= 0.6 is 0 Å². The number of aliphatic hydroxyl groups is 1. The predicted molar refractivity (Wildman–Crippen MR) is 70.7 cm³/mol. The molecule has 3 nitrogen and oxygen atoms in total. The Balaban J connectivity index is 3.09. The molecule has 17 heavy (non-hydrogen) atoms. The van der Waals surface area contributed by atoms with E-state index in [1.165, 1.54) is 0 Å². The molecule has 1 rings (SSSR count). The molecule has 0 aliphatic carbocycles. The van der Waals surface area contributed by atoms with Gasteiger partial charge in [-0.3, -0.25) is 0 Å². The topological polar surface area (TPSA) is 41.5 Å². The standard InChI is InChI=1S/C14H23NO2/c1-9-8-12(13(16)6-7-15-4)10(2)11(3)14(9)17-5/h8,13,15-16H,6-7H2,1-5H3. The van der Waals surface area contributed by atoms with Gasteiger partial charge in [-0.15, -0.1) is 0 Å². The third-order valence-corrected chi connectivity index (χ3v) is 3.30. The lowest BCUT2D eigenvalue weighted by molar-refractivity contribution is 0.167. The Morgan fingerprint density at radius 2 is 1.94 bits per heavy atom. The van der Waals surface area contributed by atoms with Gasteiger partial charge >= 0.3 is 0 Å². The Morgan fingerprint density at radius 3 is 2.47 bits per heavy atom. The third-order valence-electron chi connectivity index (χ3n) is 3.30. The number of benzene rings is 1. The van der Waals surface area contributed by atoms with Crippen molar-refractivity contribution in [1.82, 2.24) is 5.32 Å². The molecule has 0 fully saturated rings. The average Bonchev–Trinajstić information content (AvgIpc) is 2.31. The summed E-state index contributed by atoms with van der Waals surface area (Å²) in [4.78, 5) is 0. The van der Waals surface area contributed by atoms with Crippen LogP contribution in [0, 0.1) is 20.8 Å². The first kappa shape index (κ1) is 14.0. The SMILES string of the molecule is CNCCC(O)c1cc(C)c(OC)c(C)c1C. The number of aryl methyl sites for hydroxylation is 1. The molecule has 1 aromatic rings. The van der Waals surface area contributed by atoms with Crippen LogP contribution in [0.15, 0.2) is 6.07 Å². The molecule has 0 aliphatic rings. The molecule has 0 bridgehead atoms. The van der Waals surface area contributed by atoms with Crippen LogP contribution in [-0.4, -0.2) is 25.8 Å². The highest BCUT2D eigenvalue weighted by Gasteiger charge is 2.15. The summed E-state index contributed by atoms with van der Waals surface area (Å²) in [5.74, 6) is 0.923. The first-order chi connectivity index (χ1) is 8.02. The fourth-order valence-corrected chi connectivity index (χ4v) is 2.19. The Bertz CT molecular complexity index is 388. The lowest BCUT2D eigenvalue weighted by Gasteiger charge is -2.19. The number of aliphatic hydroxyl groups excluding tert-OH is 1. The molecular formula is C14H23NO2. The average molecular weight is 237 g/mol. The summed E-state index contributed by atoms with van der Waals surface area (Å²) in [7, 11) is 3.58. The quantitative estimate of drug-likeness (QED) is 0.825. The number of hydrogen-bond donors (Lipinski definition) is 2. The van der Waals surface area contributed by atoms with Crippen LogP contribution in [0.2, 0.25) is 0 Å². The van der Waals surface area contributed by atoms with E-state index in [1.807, 2.05) is 33.9 Å². The zero-order valence-electron chi connectivity index (χ0n) is 11.4. The number of rotatable bonds is 5. The van der Waals surface area contributed by atoms with Gasteiger partial charge in [0.1, 0.15) is 5.75 Å². The van der Waals surface area contributed by atoms with Crippen LogP contribution in [0.5, 0.6) is 5.75 Å². The molecule has 0 aromatic heterocycles. The van der Waals surface area contributed by atoms with Crippen molar-refractivity contribution in [3.05, 3.63) is 28.3 Å². The molecule has 2 N–H and O–H groups in total. The third kappa shape index (κ3) is 2.99. The molecule has 0 radical (unpaired) electrons. The Hall–Kier alpha value is -1.06. The highest BCUT2D eigenvalue weighted by Crippen LogP contribution is 2.32. The minimum atomic E-state index is -0.411. The zero-order valence-corrected chi connectivity index (χ0v) is 11.4. The second-order valence-corrected chi connectivity index (χ2v) is 4.47. The van der Waals surface area contributed by atoms with Crippen LogP contribution < -0.4 is 10.1 Å². The van der Waals surface area contributed by atoms with Gasteiger partial charge in [0.25, 0.3) is 0 Å². The number of ether oxygens (including phenoxy) is 1. The summed E-state index contributed by atoms with van der Waals surface area (Å²) in [6.45, 7) is 6.90. The van der Waals surface area contributed by atoms with Gasteiger partial charge in [-0.1, -0.05) is 0 Å². The lowest BCUT2D eigenvalue weighted by Crippen LogP contribution is -2.13. The van der Waals surface area contributed by atoms with E-state index in [4.69, 9.17) is 4.74 Å². The molecule has 1 atom stereocenters. The van der Waals surface area contributed by atoms with E-state index in [0.29, 0.717) is 0 Å².